The van der Waals surface area contributed by atoms with E-state index in [4.69, 9.17) is 14.0 Å². The van der Waals surface area contributed by atoms with Gasteiger partial charge in [0.1, 0.15) is 18.5 Å². The van der Waals surface area contributed by atoms with Gasteiger partial charge in [-0.2, -0.15) is 4.98 Å². The Morgan fingerprint density at radius 2 is 1.88 bits per heavy atom. The summed E-state index contributed by atoms with van der Waals surface area (Å²) in [6, 6.07) is 17.8. The highest BCUT2D eigenvalue weighted by molar-refractivity contribution is 5.63. The molecule has 0 aliphatic carbocycles. The van der Waals surface area contributed by atoms with Crippen LogP contribution < -0.4 is 4.74 Å². The second-order valence-electron chi connectivity index (χ2n) is 5.73. The molecule has 1 aliphatic rings. The topological polar surface area (TPSA) is 57.4 Å². The molecule has 2 aromatic carbocycles. The van der Waals surface area contributed by atoms with Crippen LogP contribution in [-0.4, -0.2) is 16.7 Å². The molecule has 0 amide bonds. The largest absolute Gasteiger partial charge is 0.488 e. The van der Waals surface area contributed by atoms with Gasteiger partial charge < -0.3 is 14.0 Å². The number of rotatable bonds is 5. The highest BCUT2D eigenvalue weighted by Gasteiger charge is 2.24. The molecule has 0 saturated carbocycles. The zero-order chi connectivity index (χ0) is 16.2. The van der Waals surface area contributed by atoms with Gasteiger partial charge in [0.05, 0.1) is 5.56 Å². The van der Waals surface area contributed by atoms with Gasteiger partial charge in [0.15, 0.2) is 0 Å². The van der Waals surface area contributed by atoms with Crippen LogP contribution in [-0.2, 0) is 11.3 Å². The Balaban J connectivity index is 1.55. The molecule has 0 N–H and O–H groups in total. The highest BCUT2D eigenvalue weighted by Crippen LogP contribution is 2.32. The minimum atomic E-state index is -0.0800. The van der Waals surface area contributed by atoms with Crippen molar-refractivity contribution in [1.29, 1.82) is 0 Å². The molecule has 1 saturated heterocycles. The number of para-hydroxylation sites is 1. The summed E-state index contributed by atoms with van der Waals surface area (Å²) < 4.78 is 16.9. The highest BCUT2D eigenvalue weighted by atomic mass is 16.5. The molecular formula is C19H18N2O3. The summed E-state index contributed by atoms with van der Waals surface area (Å²) in [6.45, 7) is 1.24. The standard InChI is InChI=1S/C19H18N2O3/c1-2-7-14(8-3-1)13-23-16-10-5-4-9-15(16)18-20-19(24-21-18)17-11-6-12-22-17/h1-5,7-10,17H,6,11-13H2. The molecule has 0 spiro atoms. The second kappa shape index (κ2) is 6.84. The van der Waals surface area contributed by atoms with Crippen LogP contribution in [0.15, 0.2) is 59.1 Å². The maximum absolute atomic E-state index is 5.96. The van der Waals surface area contributed by atoms with E-state index in [-0.39, 0.29) is 6.10 Å². The minimum Gasteiger partial charge on any atom is -0.488 e. The molecule has 5 heteroatoms. The Morgan fingerprint density at radius 1 is 1.04 bits per heavy atom. The van der Waals surface area contributed by atoms with Gasteiger partial charge in [-0.3, -0.25) is 0 Å². The maximum atomic E-state index is 5.96. The van der Waals surface area contributed by atoms with Crippen LogP contribution in [0, 0.1) is 0 Å². The zero-order valence-electron chi connectivity index (χ0n) is 13.2. The molecular weight excluding hydrogens is 304 g/mol. The van der Waals surface area contributed by atoms with E-state index in [9.17, 15) is 0 Å². The van der Waals surface area contributed by atoms with Crippen molar-refractivity contribution in [3.8, 4) is 17.1 Å². The Bertz CT molecular complexity index is 795. The SMILES string of the molecule is c1ccc(COc2ccccc2-c2noc(C3CCCO3)n2)cc1. The van der Waals surface area contributed by atoms with Crippen LogP contribution in [0.2, 0.25) is 0 Å². The first-order chi connectivity index (χ1) is 11.9. The fourth-order valence-corrected chi connectivity index (χ4v) is 2.76. The van der Waals surface area contributed by atoms with Gasteiger partial charge in [-0.25, -0.2) is 0 Å². The molecule has 1 unspecified atom stereocenters. The third-order valence-electron chi connectivity index (χ3n) is 4.01. The first-order valence-electron chi connectivity index (χ1n) is 8.11. The van der Waals surface area contributed by atoms with Gasteiger partial charge in [0.2, 0.25) is 5.82 Å². The van der Waals surface area contributed by atoms with E-state index in [0.717, 1.165) is 36.3 Å². The Hall–Kier alpha value is -2.66. The lowest BCUT2D eigenvalue weighted by Crippen LogP contribution is -1.98. The summed E-state index contributed by atoms with van der Waals surface area (Å²) in [7, 11) is 0. The van der Waals surface area contributed by atoms with Gasteiger partial charge in [0.25, 0.3) is 5.89 Å². The lowest BCUT2D eigenvalue weighted by molar-refractivity contribution is 0.0835. The van der Waals surface area contributed by atoms with Gasteiger partial charge in [-0.15, -0.1) is 0 Å². The van der Waals surface area contributed by atoms with Crippen molar-refractivity contribution in [3.05, 3.63) is 66.1 Å². The molecule has 0 bridgehead atoms. The first kappa shape index (κ1) is 14.9. The predicted octanol–water partition coefficient (Wildman–Crippen LogP) is 4.17. The number of hydrogen-bond donors (Lipinski definition) is 0. The number of ether oxygens (including phenoxy) is 2. The summed E-state index contributed by atoms with van der Waals surface area (Å²) in [5, 5.41) is 4.10. The van der Waals surface area contributed by atoms with Crippen LogP contribution in [0.25, 0.3) is 11.4 Å². The number of benzene rings is 2. The normalized spacial score (nSPS) is 17.1. The molecule has 122 valence electrons. The summed E-state index contributed by atoms with van der Waals surface area (Å²) in [4.78, 5) is 4.50. The van der Waals surface area contributed by atoms with Crippen molar-refractivity contribution >= 4 is 0 Å². The Morgan fingerprint density at radius 3 is 2.71 bits per heavy atom. The third-order valence-corrected chi connectivity index (χ3v) is 4.01. The van der Waals surface area contributed by atoms with Crippen LogP contribution in [0.4, 0.5) is 0 Å². The molecule has 1 fully saturated rings. The van der Waals surface area contributed by atoms with E-state index in [1.807, 2.05) is 54.6 Å². The number of aromatic nitrogens is 2. The van der Waals surface area contributed by atoms with Crippen LogP contribution in [0.5, 0.6) is 5.75 Å². The molecule has 1 aliphatic heterocycles. The lowest BCUT2D eigenvalue weighted by atomic mass is 10.2. The van der Waals surface area contributed by atoms with Crippen molar-refractivity contribution in [1.82, 2.24) is 10.1 Å². The number of nitrogens with zero attached hydrogens (tertiary/aromatic N) is 2. The maximum Gasteiger partial charge on any atom is 0.256 e. The quantitative estimate of drug-likeness (QED) is 0.705. The van der Waals surface area contributed by atoms with Gasteiger partial charge in [-0.05, 0) is 30.5 Å². The number of hydrogen-bond acceptors (Lipinski definition) is 5. The average Bonchev–Trinajstić information content (AvgIpc) is 3.32. The monoisotopic (exact) mass is 322 g/mol. The summed E-state index contributed by atoms with van der Waals surface area (Å²) in [5.41, 5.74) is 1.93. The molecule has 4 rings (SSSR count). The fraction of sp³-hybridized carbons (Fsp3) is 0.263. The van der Waals surface area contributed by atoms with Crippen molar-refractivity contribution in [3.63, 3.8) is 0 Å². The van der Waals surface area contributed by atoms with E-state index >= 15 is 0 Å². The van der Waals surface area contributed by atoms with Crippen LogP contribution in [0.1, 0.15) is 30.4 Å². The van der Waals surface area contributed by atoms with Crippen molar-refractivity contribution in [2.45, 2.75) is 25.6 Å². The molecule has 0 radical (unpaired) electrons. The van der Waals surface area contributed by atoms with Crippen molar-refractivity contribution in [2.75, 3.05) is 6.61 Å². The van der Waals surface area contributed by atoms with Gasteiger partial charge in [0, 0.05) is 6.61 Å². The predicted molar refractivity (Wildman–Crippen MR) is 88.4 cm³/mol. The lowest BCUT2D eigenvalue weighted by Gasteiger charge is -2.09. The molecule has 24 heavy (non-hydrogen) atoms. The fourth-order valence-electron chi connectivity index (χ4n) is 2.76. The first-order valence-corrected chi connectivity index (χ1v) is 8.11. The van der Waals surface area contributed by atoms with Gasteiger partial charge >= 0.3 is 0 Å². The van der Waals surface area contributed by atoms with Crippen LogP contribution >= 0.6 is 0 Å². The van der Waals surface area contributed by atoms with E-state index in [2.05, 4.69) is 10.1 Å². The Labute approximate surface area is 140 Å². The molecule has 2 heterocycles. The molecule has 5 nitrogen and oxygen atoms in total. The average molecular weight is 322 g/mol. The van der Waals surface area contributed by atoms with E-state index in [1.165, 1.54) is 0 Å². The molecule has 1 aromatic heterocycles. The summed E-state index contributed by atoms with van der Waals surface area (Å²) in [6.07, 6.45) is 1.87. The molecule has 1 atom stereocenters. The van der Waals surface area contributed by atoms with E-state index in [1.54, 1.807) is 0 Å². The van der Waals surface area contributed by atoms with Crippen LogP contribution in [0.3, 0.4) is 0 Å². The third kappa shape index (κ3) is 3.16. The summed E-state index contributed by atoms with van der Waals surface area (Å²) in [5.74, 6) is 1.81. The second-order valence-corrected chi connectivity index (χ2v) is 5.73. The molecule has 3 aromatic rings. The smallest absolute Gasteiger partial charge is 0.256 e. The minimum absolute atomic E-state index is 0.0800. The Kier molecular flexibility index (Phi) is 4.25. The van der Waals surface area contributed by atoms with E-state index in [0.29, 0.717) is 18.3 Å². The summed E-state index contributed by atoms with van der Waals surface area (Å²) >= 11 is 0. The van der Waals surface area contributed by atoms with Crippen molar-refractivity contribution < 1.29 is 14.0 Å². The zero-order valence-corrected chi connectivity index (χ0v) is 13.2. The van der Waals surface area contributed by atoms with Crippen molar-refractivity contribution in [2.24, 2.45) is 0 Å². The van der Waals surface area contributed by atoms with E-state index < -0.39 is 0 Å². The van der Waals surface area contributed by atoms with Gasteiger partial charge in [-0.1, -0.05) is 47.6 Å².